The van der Waals surface area contributed by atoms with E-state index in [1.165, 1.54) is 18.1 Å². The molecule has 2 heterocycles. The third kappa shape index (κ3) is 2.22. The van der Waals surface area contributed by atoms with Crippen molar-refractivity contribution in [3.8, 4) is 0 Å². The van der Waals surface area contributed by atoms with Crippen LogP contribution in [-0.2, 0) is 0 Å². The number of hydrogen-bond acceptors (Lipinski definition) is 7. The minimum Gasteiger partial charge on any atom is -0.308 e. The van der Waals surface area contributed by atoms with Gasteiger partial charge in [-0.1, -0.05) is 0 Å². The van der Waals surface area contributed by atoms with E-state index in [1.807, 2.05) is 6.92 Å². The SMILES string of the molecule is Cc1c(NN)ncnc1Sc1n[nH]c(=O)n1C1CC1. The van der Waals surface area contributed by atoms with E-state index in [9.17, 15) is 4.79 Å². The van der Waals surface area contributed by atoms with Gasteiger partial charge in [0.1, 0.15) is 17.2 Å². The van der Waals surface area contributed by atoms with Crippen molar-refractivity contribution in [3.05, 3.63) is 22.4 Å². The van der Waals surface area contributed by atoms with Crippen LogP contribution in [0.2, 0.25) is 0 Å². The van der Waals surface area contributed by atoms with E-state index in [0.29, 0.717) is 11.0 Å². The van der Waals surface area contributed by atoms with Crippen LogP contribution in [-0.4, -0.2) is 24.7 Å². The standard InChI is InChI=1S/C10H13N7OS/c1-5-7(14-11)12-4-13-8(5)19-10-16-15-9(18)17(10)6-2-3-6/h4,6H,2-3,11H2,1H3,(H,15,18)(H,12,13,14). The summed E-state index contributed by atoms with van der Waals surface area (Å²) in [5.41, 5.74) is 3.17. The predicted octanol–water partition coefficient (Wildman–Crippen LogP) is 0.442. The molecule has 8 nitrogen and oxygen atoms in total. The van der Waals surface area contributed by atoms with Crippen LogP contribution >= 0.6 is 11.8 Å². The van der Waals surface area contributed by atoms with Gasteiger partial charge in [-0.2, -0.15) is 0 Å². The number of hydrazine groups is 1. The van der Waals surface area contributed by atoms with E-state index in [-0.39, 0.29) is 11.7 Å². The average Bonchev–Trinajstić information content (AvgIpc) is 3.17. The molecule has 1 fully saturated rings. The minimum atomic E-state index is -0.172. The van der Waals surface area contributed by atoms with E-state index >= 15 is 0 Å². The van der Waals surface area contributed by atoms with E-state index < -0.39 is 0 Å². The van der Waals surface area contributed by atoms with Gasteiger partial charge < -0.3 is 5.43 Å². The summed E-state index contributed by atoms with van der Waals surface area (Å²) in [6.07, 6.45) is 3.47. The molecule has 0 radical (unpaired) electrons. The summed E-state index contributed by atoms with van der Waals surface area (Å²) in [6, 6.07) is 0.267. The first-order valence-electron chi connectivity index (χ1n) is 5.83. The molecule has 2 aromatic rings. The maximum Gasteiger partial charge on any atom is 0.344 e. The number of aromatic nitrogens is 5. The van der Waals surface area contributed by atoms with E-state index in [1.54, 1.807) is 4.57 Å². The van der Waals surface area contributed by atoms with Gasteiger partial charge in [-0.15, -0.1) is 5.10 Å². The van der Waals surface area contributed by atoms with Crippen LogP contribution in [0.5, 0.6) is 0 Å². The molecule has 0 spiro atoms. The Kier molecular flexibility index (Phi) is 2.99. The van der Waals surface area contributed by atoms with Crippen molar-refractivity contribution in [1.29, 1.82) is 0 Å². The highest BCUT2D eigenvalue weighted by atomic mass is 32.2. The Morgan fingerprint density at radius 3 is 3.00 bits per heavy atom. The van der Waals surface area contributed by atoms with Gasteiger partial charge in [0.25, 0.3) is 0 Å². The Labute approximate surface area is 112 Å². The summed E-state index contributed by atoms with van der Waals surface area (Å²) in [7, 11) is 0. The summed E-state index contributed by atoms with van der Waals surface area (Å²) < 4.78 is 1.68. The molecule has 19 heavy (non-hydrogen) atoms. The lowest BCUT2D eigenvalue weighted by atomic mass is 10.3. The van der Waals surface area contributed by atoms with Gasteiger partial charge in [-0.25, -0.2) is 25.7 Å². The van der Waals surface area contributed by atoms with Crippen molar-refractivity contribution in [2.45, 2.75) is 36.0 Å². The van der Waals surface area contributed by atoms with Gasteiger partial charge in [0, 0.05) is 11.6 Å². The molecule has 0 aliphatic heterocycles. The van der Waals surface area contributed by atoms with Gasteiger partial charge in [0.2, 0.25) is 0 Å². The topological polar surface area (TPSA) is 115 Å². The Morgan fingerprint density at radius 1 is 1.53 bits per heavy atom. The van der Waals surface area contributed by atoms with E-state index in [0.717, 1.165) is 23.4 Å². The van der Waals surface area contributed by atoms with Crippen molar-refractivity contribution in [3.63, 3.8) is 0 Å². The Bertz CT molecular complexity index is 660. The van der Waals surface area contributed by atoms with Crippen molar-refractivity contribution in [2.75, 3.05) is 5.43 Å². The zero-order valence-electron chi connectivity index (χ0n) is 10.3. The lowest BCUT2D eigenvalue weighted by Gasteiger charge is -2.08. The Hall–Kier alpha value is -1.87. The predicted molar refractivity (Wildman–Crippen MR) is 69.8 cm³/mol. The fourth-order valence-corrected chi connectivity index (χ4v) is 2.73. The largest absolute Gasteiger partial charge is 0.344 e. The number of nitrogens with one attached hydrogen (secondary N) is 2. The molecule has 100 valence electrons. The van der Waals surface area contributed by atoms with Crippen LogP contribution in [0, 0.1) is 6.92 Å². The van der Waals surface area contributed by atoms with Crippen molar-refractivity contribution >= 4 is 17.6 Å². The molecule has 3 rings (SSSR count). The lowest BCUT2D eigenvalue weighted by molar-refractivity contribution is 0.642. The van der Waals surface area contributed by atoms with E-state index in [2.05, 4.69) is 25.6 Å². The summed E-state index contributed by atoms with van der Waals surface area (Å²) in [4.78, 5) is 19.9. The zero-order chi connectivity index (χ0) is 13.4. The summed E-state index contributed by atoms with van der Waals surface area (Å²) in [5, 5.41) is 7.87. The summed E-state index contributed by atoms with van der Waals surface area (Å²) in [5.74, 6) is 5.94. The second-order valence-corrected chi connectivity index (χ2v) is 5.27. The quantitative estimate of drug-likeness (QED) is 0.422. The smallest absolute Gasteiger partial charge is 0.308 e. The third-order valence-corrected chi connectivity index (χ3v) is 4.02. The average molecular weight is 279 g/mol. The molecule has 2 aromatic heterocycles. The number of anilines is 1. The fraction of sp³-hybridized carbons (Fsp3) is 0.400. The second-order valence-electron chi connectivity index (χ2n) is 4.31. The minimum absolute atomic E-state index is 0.172. The molecular formula is C10H13N7OS. The summed E-state index contributed by atoms with van der Waals surface area (Å²) in [6.45, 7) is 1.86. The monoisotopic (exact) mass is 279 g/mol. The number of aromatic amines is 1. The summed E-state index contributed by atoms with van der Waals surface area (Å²) >= 11 is 1.33. The number of H-pyrrole nitrogens is 1. The number of hydrogen-bond donors (Lipinski definition) is 3. The van der Waals surface area contributed by atoms with Crippen LogP contribution in [0.4, 0.5) is 5.82 Å². The number of nitrogens with two attached hydrogens (primary N) is 1. The third-order valence-electron chi connectivity index (χ3n) is 2.95. The molecule has 1 saturated carbocycles. The molecule has 1 aliphatic rings. The maximum absolute atomic E-state index is 11.7. The van der Waals surface area contributed by atoms with Crippen molar-refractivity contribution in [2.24, 2.45) is 5.84 Å². The molecule has 9 heteroatoms. The first kappa shape index (κ1) is 12.2. The van der Waals surface area contributed by atoms with Crippen LogP contribution in [0.15, 0.2) is 21.3 Å². The number of nitrogens with zero attached hydrogens (tertiary/aromatic N) is 4. The highest BCUT2D eigenvalue weighted by Gasteiger charge is 2.29. The molecular weight excluding hydrogens is 266 g/mol. The molecule has 0 amide bonds. The number of rotatable bonds is 4. The van der Waals surface area contributed by atoms with Crippen LogP contribution in [0.3, 0.4) is 0 Å². The fourth-order valence-electron chi connectivity index (χ4n) is 1.79. The number of nitrogen functional groups attached to an aromatic ring is 1. The van der Waals surface area contributed by atoms with Crippen molar-refractivity contribution < 1.29 is 0 Å². The molecule has 0 bridgehead atoms. The Balaban J connectivity index is 1.95. The molecule has 0 aromatic carbocycles. The Morgan fingerprint density at radius 2 is 2.32 bits per heavy atom. The van der Waals surface area contributed by atoms with Gasteiger partial charge in [-0.3, -0.25) is 4.57 Å². The van der Waals surface area contributed by atoms with Gasteiger partial charge in [-0.05, 0) is 31.5 Å². The molecule has 0 unspecified atom stereocenters. The van der Waals surface area contributed by atoms with Gasteiger partial charge >= 0.3 is 5.69 Å². The first-order chi connectivity index (χ1) is 9.20. The van der Waals surface area contributed by atoms with Crippen LogP contribution < -0.4 is 17.0 Å². The molecule has 0 saturated heterocycles. The normalized spacial score (nSPS) is 14.6. The first-order valence-corrected chi connectivity index (χ1v) is 6.65. The van der Waals surface area contributed by atoms with E-state index in [4.69, 9.17) is 5.84 Å². The molecule has 0 atom stereocenters. The van der Waals surface area contributed by atoms with Crippen LogP contribution in [0.1, 0.15) is 24.4 Å². The highest BCUT2D eigenvalue weighted by Crippen LogP contribution is 2.38. The maximum atomic E-state index is 11.7. The van der Waals surface area contributed by atoms with Gasteiger partial charge in [0.15, 0.2) is 5.16 Å². The van der Waals surface area contributed by atoms with Crippen LogP contribution in [0.25, 0.3) is 0 Å². The van der Waals surface area contributed by atoms with Gasteiger partial charge in [0.05, 0.1) is 0 Å². The lowest BCUT2D eigenvalue weighted by Crippen LogP contribution is -2.16. The zero-order valence-corrected chi connectivity index (χ0v) is 11.1. The highest BCUT2D eigenvalue weighted by molar-refractivity contribution is 7.99. The molecule has 1 aliphatic carbocycles. The van der Waals surface area contributed by atoms with Crippen molar-refractivity contribution in [1.82, 2.24) is 24.7 Å². The second kappa shape index (κ2) is 4.67. The molecule has 4 N–H and O–H groups in total.